The zero-order valence-corrected chi connectivity index (χ0v) is 15.0. The Morgan fingerprint density at radius 1 is 1.15 bits per heavy atom. The first-order valence-corrected chi connectivity index (χ1v) is 8.64. The smallest absolute Gasteiger partial charge is 0.319 e. The molecule has 0 aromatic heterocycles. The Labute approximate surface area is 152 Å². The van der Waals surface area contributed by atoms with Crippen molar-refractivity contribution >= 4 is 17.6 Å². The van der Waals surface area contributed by atoms with Gasteiger partial charge < -0.3 is 20.7 Å². The minimum absolute atomic E-state index is 0.104. The van der Waals surface area contributed by atoms with Crippen LogP contribution < -0.4 is 20.7 Å². The van der Waals surface area contributed by atoms with Gasteiger partial charge in [0.1, 0.15) is 5.75 Å². The van der Waals surface area contributed by atoms with E-state index in [0.29, 0.717) is 23.8 Å². The molecule has 3 amide bonds. The van der Waals surface area contributed by atoms with Gasteiger partial charge in [-0.15, -0.1) is 0 Å². The predicted molar refractivity (Wildman–Crippen MR) is 101 cm³/mol. The summed E-state index contributed by atoms with van der Waals surface area (Å²) in [6.45, 7) is 2.27. The van der Waals surface area contributed by atoms with Crippen molar-refractivity contribution in [3.63, 3.8) is 0 Å². The molecule has 0 saturated heterocycles. The average Bonchev–Trinajstić information content (AvgIpc) is 3.46. The van der Waals surface area contributed by atoms with Crippen molar-refractivity contribution in [1.82, 2.24) is 10.6 Å². The second kappa shape index (κ2) is 7.91. The highest BCUT2D eigenvalue weighted by Gasteiger charge is 2.24. The van der Waals surface area contributed by atoms with Crippen LogP contribution >= 0.6 is 0 Å². The van der Waals surface area contributed by atoms with E-state index in [1.807, 2.05) is 37.3 Å². The van der Waals surface area contributed by atoms with E-state index in [1.54, 1.807) is 19.2 Å². The molecule has 136 valence electrons. The fourth-order valence-electron chi connectivity index (χ4n) is 2.53. The summed E-state index contributed by atoms with van der Waals surface area (Å²) in [4.78, 5) is 24.4. The van der Waals surface area contributed by atoms with Crippen LogP contribution in [0, 0.1) is 6.92 Å². The number of amides is 3. The molecule has 2 aromatic carbocycles. The first-order valence-electron chi connectivity index (χ1n) is 8.64. The van der Waals surface area contributed by atoms with Crippen molar-refractivity contribution in [3.05, 3.63) is 59.2 Å². The van der Waals surface area contributed by atoms with Gasteiger partial charge in [0.25, 0.3) is 5.91 Å². The number of carbonyl (C=O) groups excluding carboxylic acids is 2. The summed E-state index contributed by atoms with van der Waals surface area (Å²) in [6, 6.07) is 12.8. The predicted octanol–water partition coefficient (Wildman–Crippen LogP) is 3.22. The molecule has 6 nitrogen and oxygen atoms in total. The number of carbonyl (C=O) groups is 2. The maximum Gasteiger partial charge on any atom is 0.319 e. The van der Waals surface area contributed by atoms with Crippen LogP contribution in [0.2, 0.25) is 0 Å². The van der Waals surface area contributed by atoms with Crippen molar-refractivity contribution in [1.29, 1.82) is 0 Å². The van der Waals surface area contributed by atoms with E-state index in [9.17, 15) is 9.59 Å². The molecule has 0 unspecified atom stereocenters. The molecule has 1 aliphatic carbocycles. The van der Waals surface area contributed by atoms with Gasteiger partial charge in [0.05, 0.1) is 7.11 Å². The fourth-order valence-corrected chi connectivity index (χ4v) is 2.53. The number of hydrogen-bond donors (Lipinski definition) is 3. The highest BCUT2D eigenvalue weighted by molar-refractivity contribution is 5.97. The number of methoxy groups -OCH3 is 1. The molecule has 0 spiro atoms. The molecular weight excluding hydrogens is 330 g/mol. The number of rotatable bonds is 6. The Morgan fingerprint density at radius 3 is 2.69 bits per heavy atom. The summed E-state index contributed by atoms with van der Waals surface area (Å²) in [7, 11) is 1.61. The van der Waals surface area contributed by atoms with Gasteiger partial charge in [-0.3, -0.25) is 4.79 Å². The lowest BCUT2D eigenvalue weighted by atomic mass is 10.1. The third-order valence-electron chi connectivity index (χ3n) is 4.25. The van der Waals surface area contributed by atoms with E-state index < -0.39 is 0 Å². The van der Waals surface area contributed by atoms with Crippen LogP contribution in [0.4, 0.5) is 10.5 Å². The van der Waals surface area contributed by atoms with Crippen molar-refractivity contribution < 1.29 is 14.3 Å². The molecule has 0 radical (unpaired) electrons. The average molecular weight is 353 g/mol. The topological polar surface area (TPSA) is 79.5 Å². The van der Waals surface area contributed by atoms with Gasteiger partial charge in [-0.1, -0.05) is 18.2 Å². The van der Waals surface area contributed by atoms with Gasteiger partial charge in [0, 0.05) is 23.8 Å². The third kappa shape index (κ3) is 4.75. The number of benzene rings is 2. The molecule has 26 heavy (non-hydrogen) atoms. The molecule has 3 rings (SSSR count). The van der Waals surface area contributed by atoms with Crippen LogP contribution in [-0.4, -0.2) is 25.1 Å². The number of nitrogens with one attached hydrogen (secondary N) is 3. The maximum absolute atomic E-state index is 12.2. The minimum Gasteiger partial charge on any atom is -0.497 e. The molecule has 1 fully saturated rings. The highest BCUT2D eigenvalue weighted by atomic mass is 16.5. The van der Waals surface area contributed by atoms with Gasteiger partial charge >= 0.3 is 6.03 Å². The quantitative estimate of drug-likeness (QED) is 0.746. The summed E-state index contributed by atoms with van der Waals surface area (Å²) in [5.41, 5.74) is 3.00. The Balaban J connectivity index is 1.59. The van der Waals surface area contributed by atoms with Crippen molar-refractivity contribution in [2.75, 3.05) is 12.4 Å². The maximum atomic E-state index is 12.2. The summed E-state index contributed by atoms with van der Waals surface area (Å²) in [6.07, 6.45) is 2.07. The summed E-state index contributed by atoms with van der Waals surface area (Å²) < 4.78 is 5.17. The van der Waals surface area contributed by atoms with Crippen LogP contribution in [0.5, 0.6) is 5.75 Å². The van der Waals surface area contributed by atoms with Crippen LogP contribution in [0.15, 0.2) is 42.5 Å². The van der Waals surface area contributed by atoms with Crippen LogP contribution in [0.3, 0.4) is 0 Å². The number of ether oxygens (including phenoxy) is 1. The SMILES string of the molecule is COc1cccc(CNC(=O)Nc2cc(C(=O)NC3CC3)ccc2C)c1. The van der Waals surface area contributed by atoms with E-state index >= 15 is 0 Å². The van der Waals surface area contributed by atoms with Gasteiger partial charge in [-0.2, -0.15) is 0 Å². The second-order valence-electron chi connectivity index (χ2n) is 6.44. The number of urea groups is 1. The summed E-state index contributed by atoms with van der Waals surface area (Å²) in [5, 5.41) is 8.57. The zero-order valence-electron chi connectivity index (χ0n) is 15.0. The normalized spacial score (nSPS) is 13.0. The van der Waals surface area contributed by atoms with E-state index in [-0.39, 0.29) is 11.9 Å². The van der Waals surface area contributed by atoms with Crippen molar-refractivity contribution in [2.45, 2.75) is 32.4 Å². The van der Waals surface area contributed by atoms with Gasteiger partial charge in [0.15, 0.2) is 0 Å². The van der Waals surface area contributed by atoms with E-state index in [4.69, 9.17) is 4.74 Å². The molecular formula is C20H23N3O3. The lowest BCUT2D eigenvalue weighted by Gasteiger charge is -2.12. The molecule has 0 atom stereocenters. The minimum atomic E-state index is -0.323. The van der Waals surface area contributed by atoms with E-state index in [2.05, 4.69) is 16.0 Å². The second-order valence-corrected chi connectivity index (χ2v) is 6.44. The Kier molecular flexibility index (Phi) is 5.41. The summed E-state index contributed by atoms with van der Waals surface area (Å²) >= 11 is 0. The number of anilines is 1. The molecule has 6 heteroatoms. The van der Waals surface area contributed by atoms with E-state index in [1.165, 1.54) is 0 Å². The fraction of sp³-hybridized carbons (Fsp3) is 0.300. The first kappa shape index (κ1) is 17.8. The van der Waals surface area contributed by atoms with Crippen LogP contribution in [0.1, 0.15) is 34.3 Å². The monoisotopic (exact) mass is 353 g/mol. The molecule has 2 aromatic rings. The molecule has 0 heterocycles. The van der Waals surface area contributed by atoms with Crippen molar-refractivity contribution in [3.8, 4) is 5.75 Å². The lowest BCUT2D eigenvalue weighted by Crippen LogP contribution is -2.29. The molecule has 1 saturated carbocycles. The number of aryl methyl sites for hydroxylation is 1. The van der Waals surface area contributed by atoms with Gasteiger partial charge in [-0.25, -0.2) is 4.79 Å². The third-order valence-corrected chi connectivity index (χ3v) is 4.25. The Hall–Kier alpha value is -3.02. The lowest BCUT2D eigenvalue weighted by molar-refractivity contribution is 0.0951. The largest absolute Gasteiger partial charge is 0.497 e. The Morgan fingerprint density at radius 2 is 1.96 bits per heavy atom. The number of hydrogen-bond acceptors (Lipinski definition) is 3. The van der Waals surface area contributed by atoms with Gasteiger partial charge in [-0.05, 0) is 55.2 Å². The van der Waals surface area contributed by atoms with Crippen LogP contribution in [0.25, 0.3) is 0 Å². The van der Waals surface area contributed by atoms with Crippen molar-refractivity contribution in [2.24, 2.45) is 0 Å². The zero-order chi connectivity index (χ0) is 18.5. The first-order chi connectivity index (χ1) is 12.5. The summed E-state index contributed by atoms with van der Waals surface area (Å²) in [5.74, 6) is 0.641. The molecule has 3 N–H and O–H groups in total. The molecule has 1 aliphatic rings. The molecule has 0 aliphatic heterocycles. The highest BCUT2D eigenvalue weighted by Crippen LogP contribution is 2.21. The van der Waals surface area contributed by atoms with E-state index in [0.717, 1.165) is 29.7 Å². The van der Waals surface area contributed by atoms with Crippen LogP contribution in [-0.2, 0) is 6.54 Å². The standard InChI is InChI=1S/C20H23N3O3/c1-13-6-7-15(19(24)22-16-8-9-16)11-18(13)23-20(25)21-12-14-4-3-5-17(10-14)26-2/h3-7,10-11,16H,8-9,12H2,1-2H3,(H,22,24)(H2,21,23,25). The van der Waals surface area contributed by atoms with Gasteiger partial charge in [0.2, 0.25) is 0 Å². The molecule has 0 bridgehead atoms. The Bertz CT molecular complexity index is 816.